The topological polar surface area (TPSA) is 103 Å². The van der Waals surface area contributed by atoms with E-state index in [1.165, 1.54) is 10.8 Å². The smallest absolute Gasteiger partial charge is 0.417 e. The van der Waals surface area contributed by atoms with Crippen LogP contribution in [0.3, 0.4) is 0 Å². The van der Waals surface area contributed by atoms with Gasteiger partial charge in [0.05, 0.1) is 6.10 Å². The van der Waals surface area contributed by atoms with E-state index in [0.29, 0.717) is 5.75 Å². The molecule has 1 N–H and O–H groups in total. The van der Waals surface area contributed by atoms with Crippen molar-refractivity contribution >= 4 is 23.1 Å². The molecule has 182 valence electrons. The molecule has 0 amide bonds. The number of methoxy groups -OCH3 is 1. The molecule has 3 rings (SSSR count). The van der Waals surface area contributed by atoms with Crippen LogP contribution < -0.4 is 9.64 Å². The first-order valence-corrected chi connectivity index (χ1v) is 10.6. The number of imidazole rings is 1. The van der Waals surface area contributed by atoms with Gasteiger partial charge in [0, 0.05) is 45.3 Å². The number of piperidine rings is 1. The van der Waals surface area contributed by atoms with Gasteiger partial charge in [-0.05, 0) is 52.2 Å². The number of aliphatic hydroxyl groups excluding tert-OH is 1. The summed E-state index contributed by atoms with van der Waals surface area (Å²) in [6, 6.07) is 6.86. The molecule has 0 bridgehead atoms. The maximum Gasteiger partial charge on any atom is 0.417 e. The fourth-order valence-electron chi connectivity index (χ4n) is 3.67. The summed E-state index contributed by atoms with van der Waals surface area (Å²) >= 11 is 5.84. The second-order valence-corrected chi connectivity index (χ2v) is 8.09. The van der Waals surface area contributed by atoms with Crippen molar-refractivity contribution in [3.8, 4) is 5.75 Å². The molecule has 2 heterocycles. The second kappa shape index (κ2) is 10.1. The predicted octanol–water partition coefficient (Wildman–Crippen LogP) is 3.82. The molecule has 33 heavy (non-hydrogen) atoms. The standard InChI is InChI=1S/C20H24ClF3N4O5/c1-32-19(20(22,23)24)7-10-26(11-8-19)14-2-4-16(5-3-14)33-13-15(29)6-9-27-12-17(28(30)31)25-18(27)21/h2-5,12,15,29H,6-11,13H2,1H3. The van der Waals surface area contributed by atoms with Crippen molar-refractivity contribution in [1.29, 1.82) is 0 Å². The number of aliphatic hydroxyl groups is 1. The summed E-state index contributed by atoms with van der Waals surface area (Å²) in [5.74, 6) is 0.124. The highest BCUT2D eigenvalue weighted by molar-refractivity contribution is 6.28. The van der Waals surface area contributed by atoms with Crippen molar-refractivity contribution in [3.05, 3.63) is 45.9 Å². The summed E-state index contributed by atoms with van der Waals surface area (Å²) in [6.07, 6.45) is -4.14. The Kier molecular flexibility index (Phi) is 7.70. The summed E-state index contributed by atoms with van der Waals surface area (Å²) in [4.78, 5) is 15.5. The summed E-state index contributed by atoms with van der Waals surface area (Å²) in [5, 5.41) is 20.8. The molecule has 1 aromatic carbocycles. The molecule has 1 saturated heterocycles. The first-order chi connectivity index (χ1) is 15.5. The normalized spacial score (nSPS) is 17.1. The molecule has 1 fully saturated rings. The van der Waals surface area contributed by atoms with Gasteiger partial charge in [-0.25, -0.2) is 0 Å². The molecule has 0 saturated carbocycles. The number of hydrogen-bond acceptors (Lipinski definition) is 7. The van der Waals surface area contributed by atoms with Crippen molar-refractivity contribution in [3.63, 3.8) is 0 Å². The van der Waals surface area contributed by atoms with Crippen LogP contribution in [0.4, 0.5) is 24.7 Å². The van der Waals surface area contributed by atoms with Gasteiger partial charge in [-0.15, -0.1) is 0 Å². The number of hydrogen-bond donors (Lipinski definition) is 1. The van der Waals surface area contributed by atoms with E-state index < -0.39 is 22.8 Å². The highest BCUT2D eigenvalue weighted by Crippen LogP contribution is 2.42. The van der Waals surface area contributed by atoms with Crippen molar-refractivity contribution in [2.24, 2.45) is 0 Å². The van der Waals surface area contributed by atoms with Gasteiger partial charge in [0.25, 0.3) is 0 Å². The molecule has 1 aromatic heterocycles. The molecule has 1 unspecified atom stereocenters. The Hall–Kier alpha value is -2.57. The van der Waals surface area contributed by atoms with E-state index in [2.05, 4.69) is 4.98 Å². The van der Waals surface area contributed by atoms with Crippen molar-refractivity contribution in [2.45, 2.75) is 43.7 Å². The van der Waals surface area contributed by atoms with Crippen LogP contribution in [0.2, 0.25) is 5.28 Å². The number of nitro groups is 1. The molecular weight excluding hydrogens is 469 g/mol. The van der Waals surface area contributed by atoms with Crippen LogP contribution in [0.25, 0.3) is 0 Å². The third-order valence-electron chi connectivity index (χ3n) is 5.73. The van der Waals surface area contributed by atoms with Gasteiger partial charge in [-0.2, -0.15) is 13.2 Å². The third-order valence-corrected chi connectivity index (χ3v) is 6.03. The minimum absolute atomic E-state index is 0.0145. The Morgan fingerprint density at radius 3 is 2.45 bits per heavy atom. The average molecular weight is 493 g/mol. The number of aryl methyl sites for hydroxylation is 1. The monoisotopic (exact) mass is 492 g/mol. The van der Waals surface area contributed by atoms with Crippen molar-refractivity contribution < 1.29 is 32.7 Å². The van der Waals surface area contributed by atoms with Crippen LogP contribution in [0.1, 0.15) is 19.3 Å². The third kappa shape index (κ3) is 5.87. The Bertz CT molecular complexity index is 946. The molecule has 1 aliphatic rings. The minimum atomic E-state index is -4.41. The molecule has 1 atom stereocenters. The lowest BCUT2D eigenvalue weighted by atomic mass is 9.90. The lowest BCUT2D eigenvalue weighted by Crippen LogP contribution is -2.54. The summed E-state index contributed by atoms with van der Waals surface area (Å²) in [7, 11) is 1.09. The van der Waals surface area contributed by atoms with Gasteiger partial charge in [0.1, 0.15) is 18.6 Å². The number of alkyl halides is 3. The highest BCUT2D eigenvalue weighted by atomic mass is 35.5. The number of aromatic nitrogens is 2. The van der Waals surface area contributed by atoms with E-state index in [0.717, 1.165) is 12.8 Å². The molecular formula is C20H24ClF3N4O5. The van der Waals surface area contributed by atoms with Gasteiger partial charge in [-0.3, -0.25) is 4.57 Å². The predicted molar refractivity (Wildman–Crippen MR) is 114 cm³/mol. The zero-order chi connectivity index (χ0) is 24.2. The quantitative estimate of drug-likeness (QED) is 0.419. The number of ether oxygens (including phenoxy) is 2. The SMILES string of the molecule is COC1(C(F)(F)F)CCN(c2ccc(OCC(O)CCn3cc([N+](=O)[O-])nc3Cl)cc2)CC1. The number of nitrogens with zero attached hydrogens (tertiary/aromatic N) is 4. The van der Waals surface area contributed by atoms with Gasteiger partial charge in [-0.1, -0.05) is 0 Å². The Labute approximate surface area is 192 Å². The van der Waals surface area contributed by atoms with Crippen molar-refractivity contribution in [1.82, 2.24) is 9.55 Å². The summed E-state index contributed by atoms with van der Waals surface area (Å²) in [5.41, 5.74) is -1.33. The highest BCUT2D eigenvalue weighted by Gasteiger charge is 2.56. The number of halogens is 4. The van der Waals surface area contributed by atoms with Crippen molar-refractivity contribution in [2.75, 3.05) is 31.7 Å². The molecule has 13 heteroatoms. The van der Waals surface area contributed by atoms with E-state index in [-0.39, 0.29) is 56.6 Å². The van der Waals surface area contributed by atoms with Crippen LogP contribution >= 0.6 is 11.6 Å². The fourth-order valence-corrected chi connectivity index (χ4v) is 3.89. The lowest BCUT2D eigenvalue weighted by Gasteiger charge is -2.42. The maximum atomic E-state index is 13.3. The van der Waals surface area contributed by atoms with Gasteiger partial charge in [0.15, 0.2) is 5.60 Å². The zero-order valence-corrected chi connectivity index (χ0v) is 18.6. The van der Waals surface area contributed by atoms with E-state index in [1.807, 2.05) is 4.90 Å². The maximum absolute atomic E-state index is 13.3. The molecule has 2 aromatic rings. The fraction of sp³-hybridized carbons (Fsp3) is 0.550. The zero-order valence-electron chi connectivity index (χ0n) is 17.8. The minimum Gasteiger partial charge on any atom is -0.491 e. The van der Waals surface area contributed by atoms with Crippen LogP contribution in [-0.2, 0) is 11.3 Å². The summed E-state index contributed by atoms with van der Waals surface area (Å²) in [6.45, 7) is 0.626. The van der Waals surface area contributed by atoms with E-state index in [1.54, 1.807) is 24.3 Å². The Morgan fingerprint density at radius 2 is 1.94 bits per heavy atom. The van der Waals surface area contributed by atoms with Gasteiger partial charge >= 0.3 is 17.3 Å². The van der Waals surface area contributed by atoms with E-state index in [4.69, 9.17) is 21.1 Å². The van der Waals surface area contributed by atoms with Crippen LogP contribution in [0.15, 0.2) is 30.5 Å². The molecule has 1 aliphatic heterocycles. The number of anilines is 1. The summed E-state index contributed by atoms with van der Waals surface area (Å²) < 4.78 is 51.7. The second-order valence-electron chi connectivity index (χ2n) is 7.75. The Morgan fingerprint density at radius 1 is 1.30 bits per heavy atom. The van der Waals surface area contributed by atoms with Gasteiger partial charge in [0.2, 0.25) is 0 Å². The van der Waals surface area contributed by atoms with Crippen LogP contribution in [0.5, 0.6) is 5.75 Å². The van der Waals surface area contributed by atoms with Gasteiger partial charge < -0.3 is 29.6 Å². The average Bonchev–Trinajstić information content (AvgIpc) is 3.17. The van der Waals surface area contributed by atoms with E-state index >= 15 is 0 Å². The lowest BCUT2D eigenvalue weighted by molar-refractivity contribution is -0.389. The first-order valence-electron chi connectivity index (χ1n) is 10.2. The first kappa shape index (κ1) is 25.1. The van der Waals surface area contributed by atoms with E-state index in [9.17, 15) is 28.4 Å². The molecule has 9 nitrogen and oxygen atoms in total. The van der Waals surface area contributed by atoms with Crippen LogP contribution in [0, 0.1) is 10.1 Å². The molecule has 0 spiro atoms. The Balaban J connectivity index is 1.47. The number of rotatable bonds is 9. The number of benzene rings is 1. The molecule has 0 aliphatic carbocycles. The van der Waals surface area contributed by atoms with Crippen LogP contribution in [-0.4, -0.2) is 64.3 Å². The largest absolute Gasteiger partial charge is 0.491 e. The molecule has 0 radical (unpaired) electrons.